The first-order chi connectivity index (χ1) is 8.88. The number of likely N-dealkylation sites (N-methyl/N-ethyl adjacent to an activating group) is 1. The van der Waals surface area contributed by atoms with E-state index >= 15 is 0 Å². The average Bonchev–Trinajstić information content (AvgIpc) is 2.34. The highest BCUT2D eigenvalue weighted by Crippen LogP contribution is 2.22. The molecule has 1 saturated heterocycles. The van der Waals surface area contributed by atoms with Crippen LogP contribution in [0, 0.1) is 6.92 Å². The van der Waals surface area contributed by atoms with Crippen LogP contribution >= 0.6 is 0 Å². The van der Waals surface area contributed by atoms with Gasteiger partial charge in [-0.25, -0.2) is 0 Å². The fraction of sp³-hybridized carbons (Fsp3) is 0.625. The zero-order valence-corrected chi connectivity index (χ0v) is 12.6. The summed E-state index contributed by atoms with van der Waals surface area (Å²) in [5.74, 6) is 0. The minimum Gasteiger partial charge on any atom is -0.387 e. The molecule has 1 atom stereocenters. The van der Waals surface area contributed by atoms with Crippen molar-refractivity contribution in [1.29, 1.82) is 0 Å². The van der Waals surface area contributed by atoms with Crippen molar-refractivity contribution < 1.29 is 5.11 Å². The lowest BCUT2D eigenvalue weighted by molar-refractivity contribution is 0.0142. The summed E-state index contributed by atoms with van der Waals surface area (Å²) in [7, 11) is 2.17. The molecular weight excluding hydrogens is 236 g/mol. The Bertz CT molecular complexity index is 413. The molecule has 0 amide bonds. The van der Waals surface area contributed by atoms with Gasteiger partial charge in [-0.1, -0.05) is 29.8 Å². The maximum Gasteiger partial charge on any atom is 0.0916 e. The molecule has 1 fully saturated rings. The zero-order valence-electron chi connectivity index (χ0n) is 12.6. The van der Waals surface area contributed by atoms with E-state index in [9.17, 15) is 5.11 Å². The number of aliphatic hydroxyl groups is 1. The molecule has 1 aromatic carbocycles. The maximum absolute atomic E-state index is 10.3. The van der Waals surface area contributed by atoms with Crippen molar-refractivity contribution in [2.24, 2.45) is 0 Å². The third-order valence-corrected chi connectivity index (χ3v) is 4.29. The summed E-state index contributed by atoms with van der Waals surface area (Å²) in [4.78, 5) is 4.76. The molecule has 1 aromatic rings. The summed E-state index contributed by atoms with van der Waals surface area (Å²) >= 11 is 0. The molecule has 2 rings (SSSR count). The van der Waals surface area contributed by atoms with Crippen molar-refractivity contribution in [3.63, 3.8) is 0 Å². The van der Waals surface area contributed by atoms with Crippen LogP contribution in [0.5, 0.6) is 0 Å². The highest BCUT2D eigenvalue weighted by Gasteiger charge is 2.31. The van der Waals surface area contributed by atoms with Gasteiger partial charge in [0.15, 0.2) is 0 Å². The van der Waals surface area contributed by atoms with Crippen LogP contribution in [0.4, 0.5) is 0 Å². The topological polar surface area (TPSA) is 26.7 Å². The molecule has 1 N–H and O–H groups in total. The molecule has 3 heteroatoms. The molecule has 1 heterocycles. The van der Waals surface area contributed by atoms with E-state index in [1.54, 1.807) is 0 Å². The number of hydrogen-bond donors (Lipinski definition) is 1. The lowest BCUT2D eigenvalue weighted by Crippen LogP contribution is -2.58. The highest BCUT2D eigenvalue weighted by atomic mass is 16.3. The quantitative estimate of drug-likeness (QED) is 0.903. The van der Waals surface area contributed by atoms with Gasteiger partial charge in [0.25, 0.3) is 0 Å². The summed E-state index contributed by atoms with van der Waals surface area (Å²) in [6.07, 6.45) is -0.389. The normalized spacial score (nSPS) is 22.4. The van der Waals surface area contributed by atoms with Gasteiger partial charge in [-0.3, -0.25) is 9.80 Å². The standard InChI is InChI=1S/C16H26N2O/c1-13-5-7-14(8-6-13)15(19)11-18-10-9-17(4)16(2,3)12-18/h5-8,15,19H,9-12H2,1-4H3. The van der Waals surface area contributed by atoms with Gasteiger partial charge in [0, 0.05) is 31.7 Å². The van der Waals surface area contributed by atoms with Crippen molar-refractivity contribution in [3.8, 4) is 0 Å². The van der Waals surface area contributed by atoms with Gasteiger partial charge in [-0.05, 0) is 33.4 Å². The summed E-state index contributed by atoms with van der Waals surface area (Å²) in [6.45, 7) is 10.4. The molecule has 1 unspecified atom stereocenters. The molecule has 0 aliphatic carbocycles. The molecular formula is C16H26N2O. The van der Waals surface area contributed by atoms with E-state index in [2.05, 4.69) is 49.8 Å². The molecule has 0 bridgehead atoms. The molecule has 19 heavy (non-hydrogen) atoms. The summed E-state index contributed by atoms with van der Waals surface area (Å²) in [5.41, 5.74) is 2.43. The maximum atomic E-state index is 10.3. The molecule has 1 aliphatic heterocycles. The van der Waals surface area contributed by atoms with Gasteiger partial charge in [0.2, 0.25) is 0 Å². The van der Waals surface area contributed by atoms with E-state index in [0.717, 1.165) is 31.7 Å². The van der Waals surface area contributed by atoms with Gasteiger partial charge in [-0.15, -0.1) is 0 Å². The first-order valence-corrected chi connectivity index (χ1v) is 7.07. The number of aliphatic hydroxyl groups excluding tert-OH is 1. The summed E-state index contributed by atoms with van der Waals surface area (Å²) in [6, 6.07) is 8.18. The molecule has 1 aliphatic rings. The second-order valence-corrected chi connectivity index (χ2v) is 6.40. The number of β-amino-alcohol motifs (C(OH)–C–C–N with tert-alkyl or cyclic N) is 1. The van der Waals surface area contributed by atoms with Crippen LogP contribution in [-0.2, 0) is 0 Å². The molecule has 3 nitrogen and oxygen atoms in total. The first-order valence-electron chi connectivity index (χ1n) is 7.07. The Morgan fingerprint density at radius 3 is 2.42 bits per heavy atom. The van der Waals surface area contributed by atoms with Crippen molar-refractivity contribution in [2.45, 2.75) is 32.4 Å². The smallest absolute Gasteiger partial charge is 0.0916 e. The summed E-state index contributed by atoms with van der Waals surface area (Å²) in [5, 5.41) is 10.3. The van der Waals surface area contributed by atoms with Crippen LogP contribution in [0.3, 0.4) is 0 Å². The van der Waals surface area contributed by atoms with E-state index < -0.39 is 0 Å². The van der Waals surface area contributed by atoms with Gasteiger partial charge in [-0.2, -0.15) is 0 Å². The Morgan fingerprint density at radius 2 is 1.84 bits per heavy atom. The van der Waals surface area contributed by atoms with Crippen LogP contribution in [-0.4, -0.2) is 53.7 Å². The Balaban J connectivity index is 1.96. The monoisotopic (exact) mass is 262 g/mol. The van der Waals surface area contributed by atoms with Crippen LogP contribution in [0.25, 0.3) is 0 Å². The predicted molar refractivity (Wildman–Crippen MR) is 79.3 cm³/mol. The number of hydrogen-bond acceptors (Lipinski definition) is 3. The van der Waals surface area contributed by atoms with Crippen LogP contribution < -0.4 is 0 Å². The van der Waals surface area contributed by atoms with Gasteiger partial charge in [0.05, 0.1) is 6.10 Å². The third-order valence-electron chi connectivity index (χ3n) is 4.29. The lowest BCUT2D eigenvalue weighted by Gasteiger charge is -2.45. The van der Waals surface area contributed by atoms with Crippen LogP contribution in [0.15, 0.2) is 24.3 Å². The van der Waals surface area contributed by atoms with E-state index in [-0.39, 0.29) is 11.6 Å². The highest BCUT2D eigenvalue weighted by molar-refractivity contribution is 5.23. The second kappa shape index (κ2) is 5.61. The number of aryl methyl sites for hydroxylation is 1. The molecule has 106 valence electrons. The van der Waals surface area contributed by atoms with E-state index in [0.29, 0.717) is 0 Å². The van der Waals surface area contributed by atoms with Crippen molar-refractivity contribution in [1.82, 2.24) is 9.80 Å². The Labute approximate surface area is 116 Å². The Hall–Kier alpha value is -0.900. The largest absolute Gasteiger partial charge is 0.387 e. The number of nitrogens with zero attached hydrogens (tertiary/aromatic N) is 2. The van der Waals surface area contributed by atoms with Crippen molar-refractivity contribution >= 4 is 0 Å². The van der Waals surface area contributed by atoms with Crippen molar-refractivity contribution in [2.75, 3.05) is 33.2 Å². The van der Waals surface area contributed by atoms with Gasteiger partial charge < -0.3 is 5.11 Å². The number of rotatable bonds is 3. The minimum absolute atomic E-state index is 0.186. The zero-order chi connectivity index (χ0) is 14.0. The SMILES string of the molecule is Cc1ccc(C(O)CN2CCN(C)C(C)(C)C2)cc1. The molecule has 0 saturated carbocycles. The van der Waals surface area contributed by atoms with Crippen LogP contribution in [0.2, 0.25) is 0 Å². The third kappa shape index (κ3) is 3.56. The predicted octanol–water partition coefficient (Wildman–Crippen LogP) is 2.05. The first kappa shape index (κ1) is 14.5. The summed E-state index contributed by atoms with van der Waals surface area (Å²) < 4.78 is 0. The molecule has 0 radical (unpaired) electrons. The minimum atomic E-state index is -0.389. The molecule has 0 aromatic heterocycles. The Kier molecular flexibility index (Phi) is 4.29. The van der Waals surface area contributed by atoms with Crippen molar-refractivity contribution in [3.05, 3.63) is 35.4 Å². The van der Waals surface area contributed by atoms with E-state index in [1.165, 1.54) is 5.56 Å². The van der Waals surface area contributed by atoms with Crippen LogP contribution in [0.1, 0.15) is 31.1 Å². The number of benzene rings is 1. The number of piperazine rings is 1. The molecule has 0 spiro atoms. The second-order valence-electron chi connectivity index (χ2n) is 6.40. The lowest BCUT2D eigenvalue weighted by atomic mass is 9.98. The van der Waals surface area contributed by atoms with E-state index in [4.69, 9.17) is 0 Å². The Morgan fingerprint density at radius 1 is 1.21 bits per heavy atom. The fourth-order valence-corrected chi connectivity index (χ4v) is 2.64. The van der Waals surface area contributed by atoms with E-state index in [1.807, 2.05) is 12.1 Å². The van der Waals surface area contributed by atoms with Gasteiger partial charge >= 0.3 is 0 Å². The average molecular weight is 262 g/mol. The fourth-order valence-electron chi connectivity index (χ4n) is 2.64. The van der Waals surface area contributed by atoms with Gasteiger partial charge in [0.1, 0.15) is 0 Å².